The van der Waals surface area contributed by atoms with Crippen molar-refractivity contribution in [2.45, 2.75) is 31.5 Å². The number of morpholine rings is 1. The molecule has 2 atom stereocenters. The molecule has 2 saturated heterocycles. The lowest BCUT2D eigenvalue weighted by molar-refractivity contribution is -0.133. The van der Waals surface area contributed by atoms with Crippen molar-refractivity contribution in [3.05, 3.63) is 0 Å². The number of carbonyl (C=O) groups excluding carboxylic acids is 1. The van der Waals surface area contributed by atoms with Gasteiger partial charge in [0.05, 0.1) is 18.8 Å². The summed E-state index contributed by atoms with van der Waals surface area (Å²) in [6.45, 7) is 3.74. The second kappa shape index (κ2) is 5.80. The number of rotatable bonds is 5. The van der Waals surface area contributed by atoms with Crippen molar-refractivity contribution in [1.82, 2.24) is 9.80 Å². The average Bonchev–Trinajstić information content (AvgIpc) is 2.65. The van der Waals surface area contributed by atoms with Crippen LogP contribution >= 0.6 is 0 Å². The number of nitrogens with zero attached hydrogens (tertiary/aromatic N) is 2. The zero-order valence-corrected chi connectivity index (χ0v) is 10.6. The highest BCUT2D eigenvalue weighted by Crippen LogP contribution is 2.25. The third-order valence-corrected chi connectivity index (χ3v) is 3.60. The number of ether oxygens (including phenoxy) is 1. The van der Waals surface area contributed by atoms with E-state index in [4.69, 9.17) is 10.5 Å². The van der Waals surface area contributed by atoms with Crippen LogP contribution in [0.25, 0.3) is 0 Å². The van der Waals surface area contributed by atoms with Gasteiger partial charge in [0.15, 0.2) is 0 Å². The molecule has 1 amide bonds. The van der Waals surface area contributed by atoms with E-state index in [1.165, 1.54) is 0 Å². The van der Waals surface area contributed by atoms with Crippen LogP contribution in [0.2, 0.25) is 0 Å². The molecule has 2 bridgehead atoms. The number of nitrogens with two attached hydrogens (primary N) is 1. The fourth-order valence-electron chi connectivity index (χ4n) is 2.59. The van der Waals surface area contributed by atoms with Gasteiger partial charge in [-0.2, -0.15) is 0 Å². The Hall–Kier alpha value is -0.650. The third kappa shape index (κ3) is 3.40. The minimum absolute atomic E-state index is 0.194. The normalized spacial score (nSPS) is 28.4. The predicted octanol–water partition coefficient (Wildman–Crippen LogP) is -0.343. The number of likely N-dealkylation sites (N-methyl/N-ethyl adjacent to an activating group) is 1. The molecule has 2 unspecified atom stereocenters. The predicted molar refractivity (Wildman–Crippen MR) is 65.6 cm³/mol. The summed E-state index contributed by atoms with van der Waals surface area (Å²) in [7, 11) is 1.85. The quantitative estimate of drug-likeness (QED) is 0.715. The van der Waals surface area contributed by atoms with Crippen molar-refractivity contribution in [3.63, 3.8) is 0 Å². The lowest BCUT2D eigenvalue weighted by Crippen LogP contribution is -2.47. The van der Waals surface area contributed by atoms with E-state index in [1.807, 2.05) is 7.05 Å². The molecule has 98 valence electrons. The average molecular weight is 241 g/mol. The molecule has 17 heavy (non-hydrogen) atoms. The Bertz CT molecular complexity index is 260. The number of hydrogen-bond acceptors (Lipinski definition) is 4. The monoisotopic (exact) mass is 241 g/mol. The van der Waals surface area contributed by atoms with Crippen LogP contribution in [0.3, 0.4) is 0 Å². The van der Waals surface area contributed by atoms with Crippen molar-refractivity contribution in [2.24, 2.45) is 5.73 Å². The van der Waals surface area contributed by atoms with Gasteiger partial charge in [-0.3, -0.25) is 9.69 Å². The van der Waals surface area contributed by atoms with Crippen LogP contribution < -0.4 is 5.73 Å². The van der Waals surface area contributed by atoms with Gasteiger partial charge in [-0.25, -0.2) is 0 Å². The molecule has 0 aromatic heterocycles. The summed E-state index contributed by atoms with van der Waals surface area (Å²) in [6.07, 6.45) is 3.89. The molecule has 0 aromatic carbocycles. The third-order valence-electron chi connectivity index (χ3n) is 3.60. The van der Waals surface area contributed by atoms with Crippen LogP contribution in [-0.2, 0) is 9.53 Å². The number of likely N-dealkylation sites (tertiary alicyclic amines) is 1. The number of amides is 1. The van der Waals surface area contributed by atoms with Crippen molar-refractivity contribution >= 4 is 5.91 Å². The largest absolute Gasteiger partial charge is 0.372 e. The Balaban J connectivity index is 1.74. The summed E-state index contributed by atoms with van der Waals surface area (Å²) in [5.41, 5.74) is 5.44. The zero-order chi connectivity index (χ0) is 12.3. The van der Waals surface area contributed by atoms with E-state index in [0.717, 1.165) is 38.9 Å². The molecule has 0 radical (unpaired) electrons. The standard InChI is InChI=1S/C12H23N3O2/c1-14(6-2-5-13)12(16)9-15-7-10-3-4-11(8-15)17-10/h10-11H,2-9,13H2,1H3. The Kier molecular flexibility index (Phi) is 4.36. The van der Waals surface area contributed by atoms with Crippen molar-refractivity contribution in [1.29, 1.82) is 0 Å². The molecule has 0 aliphatic carbocycles. The minimum Gasteiger partial charge on any atom is -0.372 e. The van der Waals surface area contributed by atoms with Crippen LogP contribution in [0.1, 0.15) is 19.3 Å². The summed E-state index contributed by atoms with van der Waals surface area (Å²) in [5, 5.41) is 0. The van der Waals surface area contributed by atoms with E-state index < -0.39 is 0 Å². The molecule has 5 nitrogen and oxygen atoms in total. The summed E-state index contributed by atoms with van der Waals surface area (Å²) < 4.78 is 5.75. The first kappa shape index (κ1) is 12.8. The first-order valence-electron chi connectivity index (χ1n) is 6.51. The second-order valence-corrected chi connectivity index (χ2v) is 5.11. The van der Waals surface area contributed by atoms with Crippen molar-refractivity contribution < 1.29 is 9.53 Å². The van der Waals surface area contributed by atoms with Gasteiger partial charge in [0, 0.05) is 26.7 Å². The highest BCUT2D eigenvalue weighted by Gasteiger charge is 2.34. The molecule has 2 N–H and O–H groups in total. The van der Waals surface area contributed by atoms with Crippen LogP contribution in [0.15, 0.2) is 0 Å². The van der Waals surface area contributed by atoms with E-state index in [1.54, 1.807) is 4.90 Å². The lowest BCUT2D eigenvalue weighted by Gasteiger charge is -2.32. The Morgan fingerprint density at radius 1 is 1.41 bits per heavy atom. The molecule has 2 aliphatic heterocycles. The maximum atomic E-state index is 12.0. The fraction of sp³-hybridized carbons (Fsp3) is 0.917. The molecule has 2 heterocycles. The molecule has 2 fully saturated rings. The molecular formula is C12H23N3O2. The molecule has 0 saturated carbocycles. The summed E-state index contributed by atoms with van der Waals surface area (Å²) in [4.78, 5) is 16.0. The van der Waals surface area contributed by atoms with E-state index in [-0.39, 0.29) is 5.91 Å². The van der Waals surface area contributed by atoms with Crippen LogP contribution in [0.5, 0.6) is 0 Å². The van der Waals surface area contributed by atoms with Gasteiger partial charge < -0.3 is 15.4 Å². The van der Waals surface area contributed by atoms with Crippen LogP contribution in [0.4, 0.5) is 0 Å². The zero-order valence-electron chi connectivity index (χ0n) is 10.6. The minimum atomic E-state index is 0.194. The first-order chi connectivity index (χ1) is 8.19. The van der Waals surface area contributed by atoms with Gasteiger partial charge in [0.1, 0.15) is 0 Å². The van der Waals surface area contributed by atoms with Gasteiger partial charge in [-0.15, -0.1) is 0 Å². The number of carbonyl (C=O) groups is 1. The molecule has 5 heteroatoms. The summed E-state index contributed by atoms with van der Waals surface area (Å²) in [5.74, 6) is 0.194. The summed E-state index contributed by atoms with van der Waals surface area (Å²) in [6, 6.07) is 0. The van der Waals surface area contributed by atoms with E-state index in [0.29, 0.717) is 25.3 Å². The SMILES string of the molecule is CN(CCCN)C(=O)CN1CC2CCC(C1)O2. The van der Waals surface area contributed by atoms with E-state index in [9.17, 15) is 4.79 Å². The smallest absolute Gasteiger partial charge is 0.236 e. The van der Waals surface area contributed by atoms with Crippen molar-refractivity contribution in [3.8, 4) is 0 Å². The van der Waals surface area contributed by atoms with Gasteiger partial charge in [0.2, 0.25) is 5.91 Å². The maximum Gasteiger partial charge on any atom is 0.236 e. The maximum absolute atomic E-state index is 12.0. The van der Waals surface area contributed by atoms with Gasteiger partial charge in [-0.05, 0) is 25.8 Å². The number of fused-ring (bicyclic) bond motifs is 2. The Morgan fingerprint density at radius 2 is 2.06 bits per heavy atom. The Labute approximate surface area is 103 Å². The van der Waals surface area contributed by atoms with Gasteiger partial charge in [0.25, 0.3) is 0 Å². The second-order valence-electron chi connectivity index (χ2n) is 5.11. The number of hydrogen-bond donors (Lipinski definition) is 1. The van der Waals surface area contributed by atoms with Gasteiger partial charge in [-0.1, -0.05) is 0 Å². The Morgan fingerprint density at radius 3 is 2.65 bits per heavy atom. The van der Waals surface area contributed by atoms with Crippen molar-refractivity contribution in [2.75, 3.05) is 39.8 Å². The fourth-order valence-corrected chi connectivity index (χ4v) is 2.59. The van der Waals surface area contributed by atoms with Crippen LogP contribution in [-0.4, -0.2) is 67.7 Å². The van der Waals surface area contributed by atoms with E-state index in [2.05, 4.69) is 4.90 Å². The molecule has 2 rings (SSSR count). The van der Waals surface area contributed by atoms with Crippen LogP contribution in [0, 0.1) is 0 Å². The summed E-state index contributed by atoms with van der Waals surface area (Å²) >= 11 is 0. The van der Waals surface area contributed by atoms with E-state index >= 15 is 0 Å². The molecule has 0 aromatic rings. The highest BCUT2D eigenvalue weighted by atomic mass is 16.5. The topological polar surface area (TPSA) is 58.8 Å². The molecular weight excluding hydrogens is 218 g/mol. The first-order valence-corrected chi connectivity index (χ1v) is 6.51. The highest BCUT2D eigenvalue weighted by molar-refractivity contribution is 5.78. The molecule has 0 spiro atoms. The lowest BCUT2D eigenvalue weighted by atomic mass is 10.2. The van der Waals surface area contributed by atoms with Gasteiger partial charge >= 0.3 is 0 Å². The molecule has 2 aliphatic rings.